The zero-order valence-corrected chi connectivity index (χ0v) is 14.9. The Labute approximate surface area is 153 Å². The Kier molecular flexibility index (Phi) is 6.77. The SMILES string of the molecule is CC(=O)OCCCO[C@H]1O[C@H](COCc2ccccc2)c2ccccc21. The van der Waals surface area contributed by atoms with Crippen molar-refractivity contribution >= 4 is 5.97 Å². The number of ether oxygens (including phenoxy) is 4. The number of rotatable bonds is 9. The van der Waals surface area contributed by atoms with E-state index in [0.717, 1.165) is 16.7 Å². The number of esters is 1. The topological polar surface area (TPSA) is 54.0 Å². The quantitative estimate of drug-likeness (QED) is 0.503. The third kappa shape index (κ3) is 5.14. The summed E-state index contributed by atoms with van der Waals surface area (Å²) in [5.41, 5.74) is 3.27. The van der Waals surface area contributed by atoms with Crippen LogP contribution < -0.4 is 0 Å². The van der Waals surface area contributed by atoms with Crippen LogP contribution in [0.3, 0.4) is 0 Å². The first-order chi connectivity index (χ1) is 12.7. The second kappa shape index (κ2) is 9.48. The molecule has 0 fully saturated rings. The van der Waals surface area contributed by atoms with Crippen LogP contribution in [-0.2, 0) is 30.3 Å². The van der Waals surface area contributed by atoms with Crippen LogP contribution in [0.2, 0.25) is 0 Å². The molecule has 1 aliphatic rings. The summed E-state index contributed by atoms with van der Waals surface area (Å²) in [5.74, 6) is -0.275. The van der Waals surface area contributed by atoms with Gasteiger partial charge in [0.1, 0.15) is 6.10 Å². The monoisotopic (exact) mass is 356 g/mol. The predicted octanol–water partition coefficient (Wildman–Crippen LogP) is 3.94. The minimum absolute atomic E-state index is 0.145. The predicted molar refractivity (Wildman–Crippen MR) is 96.3 cm³/mol. The highest BCUT2D eigenvalue weighted by Gasteiger charge is 2.32. The van der Waals surface area contributed by atoms with Crippen LogP contribution in [0.25, 0.3) is 0 Å². The molecule has 3 rings (SSSR count). The van der Waals surface area contributed by atoms with Crippen molar-refractivity contribution in [1.82, 2.24) is 0 Å². The van der Waals surface area contributed by atoms with E-state index < -0.39 is 6.29 Å². The molecule has 0 aliphatic carbocycles. The molecule has 1 heterocycles. The number of fused-ring (bicyclic) bond motifs is 1. The summed E-state index contributed by atoms with van der Waals surface area (Å²) in [5, 5.41) is 0. The van der Waals surface area contributed by atoms with Gasteiger partial charge in [-0.1, -0.05) is 54.6 Å². The molecule has 5 nitrogen and oxygen atoms in total. The van der Waals surface area contributed by atoms with Crippen LogP contribution in [-0.4, -0.2) is 25.8 Å². The van der Waals surface area contributed by atoms with Crippen LogP contribution in [0.1, 0.15) is 42.4 Å². The van der Waals surface area contributed by atoms with E-state index in [1.807, 2.05) is 54.6 Å². The van der Waals surface area contributed by atoms with E-state index in [4.69, 9.17) is 18.9 Å². The average Bonchev–Trinajstić information content (AvgIpc) is 3.00. The first kappa shape index (κ1) is 18.6. The number of benzene rings is 2. The van der Waals surface area contributed by atoms with Gasteiger partial charge in [-0.25, -0.2) is 0 Å². The molecule has 2 aromatic carbocycles. The normalized spacial score (nSPS) is 18.5. The van der Waals surface area contributed by atoms with Gasteiger partial charge in [0.05, 0.1) is 26.4 Å². The zero-order chi connectivity index (χ0) is 18.2. The van der Waals surface area contributed by atoms with Gasteiger partial charge in [-0.05, 0) is 11.1 Å². The van der Waals surface area contributed by atoms with E-state index >= 15 is 0 Å². The van der Waals surface area contributed by atoms with Crippen LogP contribution in [0.15, 0.2) is 54.6 Å². The third-order valence-corrected chi connectivity index (χ3v) is 4.13. The van der Waals surface area contributed by atoms with E-state index in [9.17, 15) is 4.79 Å². The highest BCUT2D eigenvalue weighted by atomic mass is 16.7. The van der Waals surface area contributed by atoms with Gasteiger partial charge in [0.15, 0.2) is 6.29 Å². The van der Waals surface area contributed by atoms with Crippen molar-refractivity contribution in [2.75, 3.05) is 19.8 Å². The van der Waals surface area contributed by atoms with Gasteiger partial charge in [0.25, 0.3) is 0 Å². The van der Waals surface area contributed by atoms with Gasteiger partial charge >= 0.3 is 5.97 Å². The molecule has 26 heavy (non-hydrogen) atoms. The molecule has 0 amide bonds. The summed E-state index contributed by atoms with van der Waals surface area (Å²) < 4.78 is 22.6. The fourth-order valence-corrected chi connectivity index (χ4v) is 2.90. The average molecular weight is 356 g/mol. The highest BCUT2D eigenvalue weighted by molar-refractivity contribution is 5.65. The molecule has 0 aromatic heterocycles. The molecule has 0 bridgehead atoms. The number of carbonyl (C=O) groups is 1. The Morgan fingerprint density at radius 2 is 1.73 bits per heavy atom. The summed E-state index contributed by atoms with van der Waals surface area (Å²) in [7, 11) is 0. The summed E-state index contributed by atoms with van der Waals surface area (Å²) in [4.78, 5) is 10.8. The second-order valence-electron chi connectivity index (χ2n) is 6.15. The number of carbonyl (C=O) groups excluding carboxylic acids is 1. The Morgan fingerprint density at radius 1 is 1.00 bits per heavy atom. The lowest BCUT2D eigenvalue weighted by Crippen LogP contribution is -2.10. The lowest BCUT2D eigenvalue weighted by molar-refractivity contribution is -0.174. The van der Waals surface area contributed by atoms with Crippen LogP contribution in [0.5, 0.6) is 0 Å². The van der Waals surface area contributed by atoms with Crippen LogP contribution >= 0.6 is 0 Å². The van der Waals surface area contributed by atoms with Gasteiger partial charge in [0, 0.05) is 18.9 Å². The van der Waals surface area contributed by atoms with Crippen molar-refractivity contribution in [3.8, 4) is 0 Å². The van der Waals surface area contributed by atoms with Crippen molar-refractivity contribution in [2.45, 2.75) is 32.3 Å². The Morgan fingerprint density at radius 3 is 2.50 bits per heavy atom. The highest BCUT2D eigenvalue weighted by Crippen LogP contribution is 2.39. The molecule has 2 aromatic rings. The molecule has 2 atom stereocenters. The molecule has 0 unspecified atom stereocenters. The standard InChI is InChI=1S/C21H24O5/c1-16(22)24-12-7-13-25-21-19-11-6-5-10-18(19)20(26-21)15-23-14-17-8-3-2-4-9-17/h2-6,8-11,20-21H,7,12-15H2,1H3/t20-,21+/m1/s1. The van der Waals surface area contributed by atoms with Crippen molar-refractivity contribution in [3.05, 3.63) is 71.3 Å². The van der Waals surface area contributed by atoms with Gasteiger partial charge in [-0.3, -0.25) is 4.79 Å². The lowest BCUT2D eigenvalue weighted by atomic mass is 10.1. The third-order valence-electron chi connectivity index (χ3n) is 4.13. The van der Waals surface area contributed by atoms with Gasteiger partial charge in [0.2, 0.25) is 0 Å². The summed E-state index contributed by atoms with van der Waals surface area (Å²) in [6.07, 6.45) is 0.0822. The Hall–Kier alpha value is -2.21. The minimum atomic E-state index is -0.408. The van der Waals surface area contributed by atoms with E-state index in [1.54, 1.807) is 0 Å². The molecule has 0 spiro atoms. The molecular formula is C21H24O5. The summed E-state index contributed by atoms with van der Waals surface area (Å²) >= 11 is 0. The molecule has 1 aliphatic heterocycles. The van der Waals surface area contributed by atoms with Gasteiger partial charge in [-0.2, -0.15) is 0 Å². The molecule has 0 saturated carbocycles. The second-order valence-corrected chi connectivity index (χ2v) is 6.15. The van der Waals surface area contributed by atoms with Crippen molar-refractivity contribution in [1.29, 1.82) is 0 Å². The first-order valence-electron chi connectivity index (χ1n) is 8.85. The minimum Gasteiger partial charge on any atom is -0.466 e. The molecule has 0 N–H and O–H groups in total. The maximum Gasteiger partial charge on any atom is 0.302 e. The van der Waals surface area contributed by atoms with Gasteiger partial charge < -0.3 is 18.9 Å². The first-order valence-corrected chi connectivity index (χ1v) is 8.85. The zero-order valence-electron chi connectivity index (χ0n) is 14.9. The maximum absolute atomic E-state index is 10.8. The van der Waals surface area contributed by atoms with E-state index in [1.165, 1.54) is 6.92 Å². The molecular weight excluding hydrogens is 332 g/mol. The smallest absolute Gasteiger partial charge is 0.302 e. The summed E-state index contributed by atoms with van der Waals surface area (Å²) in [6, 6.07) is 18.1. The lowest BCUT2D eigenvalue weighted by Gasteiger charge is -2.15. The fraction of sp³-hybridized carbons (Fsp3) is 0.381. The van der Waals surface area contributed by atoms with Crippen LogP contribution in [0, 0.1) is 0 Å². The van der Waals surface area contributed by atoms with Crippen LogP contribution in [0.4, 0.5) is 0 Å². The van der Waals surface area contributed by atoms with Crippen molar-refractivity contribution in [3.63, 3.8) is 0 Å². The Balaban J connectivity index is 1.49. The summed E-state index contributed by atoms with van der Waals surface area (Å²) in [6.45, 7) is 3.24. The number of hydrogen-bond acceptors (Lipinski definition) is 5. The molecule has 0 saturated heterocycles. The number of hydrogen-bond donors (Lipinski definition) is 0. The maximum atomic E-state index is 10.8. The van der Waals surface area contributed by atoms with Crippen molar-refractivity contribution in [2.24, 2.45) is 0 Å². The van der Waals surface area contributed by atoms with Gasteiger partial charge in [-0.15, -0.1) is 0 Å². The van der Waals surface area contributed by atoms with E-state index in [-0.39, 0.29) is 12.1 Å². The largest absolute Gasteiger partial charge is 0.466 e. The molecule has 138 valence electrons. The van der Waals surface area contributed by atoms with E-state index in [2.05, 4.69) is 0 Å². The fourth-order valence-electron chi connectivity index (χ4n) is 2.90. The van der Waals surface area contributed by atoms with E-state index in [0.29, 0.717) is 32.8 Å². The van der Waals surface area contributed by atoms with Crippen molar-refractivity contribution < 1.29 is 23.7 Å². The Bertz CT molecular complexity index is 701. The molecule has 5 heteroatoms. The molecule has 0 radical (unpaired) electrons.